The molecule has 4 heteroatoms. The third-order valence-electron chi connectivity index (χ3n) is 3.11. The van der Waals surface area contributed by atoms with E-state index in [1.54, 1.807) is 13.4 Å². The van der Waals surface area contributed by atoms with E-state index >= 15 is 0 Å². The summed E-state index contributed by atoms with van der Waals surface area (Å²) in [5.41, 5.74) is 2.81. The summed E-state index contributed by atoms with van der Waals surface area (Å²) in [5, 5.41) is 3.26. The van der Waals surface area contributed by atoms with E-state index in [0.29, 0.717) is 0 Å². The first kappa shape index (κ1) is 13.1. The molecule has 0 spiro atoms. The number of hydrogen-bond donors (Lipinski definition) is 1. The van der Waals surface area contributed by atoms with Gasteiger partial charge in [0.2, 0.25) is 0 Å². The minimum atomic E-state index is 0.730. The van der Waals surface area contributed by atoms with Crippen molar-refractivity contribution in [2.75, 3.05) is 12.4 Å². The number of aromatic nitrogens is 2. The Morgan fingerprint density at radius 3 is 2.48 bits per heavy atom. The van der Waals surface area contributed by atoms with Gasteiger partial charge in [0, 0.05) is 11.6 Å². The van der Waals surface area contributed by atoms with E-state index in [-0.39, 0.29) is 0 Å². The van der Waals surface area contributed by atoms with E-state index in [9.17, 15) is 0 Å². The van der Waals surface area contributed by atoms with Gasteiger partial charge in [-0.25, -0.2) is 9.97 Å². The van der Waals surface area contributed by atoms with Crippen molar-refractivity contribution in [3.05, 3.63) is 67.0 Å². The molecule has 104 valence electrons. The number of ether oxygens (including phenoxy) is 1. The Bertz CT molecular complexity index is 729. The number of rotatable bonds is 4. The summed E-state index contributed by atoms with van der Waals surface area (Å²) < 4.78 is 5.33. The maximum Gasteiger partial charge on any atom is 0.142 e. The van der Waals surface area contributed by atoms with Gasteiger partial charge in [0.25, 0.3) is 0 Å². The van der Waals surface area contributed by atoms with Crippen LogP contribution in [-0.4, -0.2) is 17.1 Å². The van der Waals surface area contributed by atoms with Crippen molar-refractivity contribution in [2.24, 2.45) is 0 Å². The number of benzene rings is 2. The quantitative estimate of drug-likeness (QED) is 0.785. The standard InChI is InChI=1S/C17H15N3O/c1-21-16-10-6-5-9-14(16)20-17-11-15(18-12-19-17)13-7-3-2-4-8-13/h2-12H,1H3,(H,18,19,20). The van der Waals surface area contributed by atoms with Crippen molar-refractivity contribution < 1.29 is 4.74 Å². The molecule has 1 N–H and O–H groups in total. The van der Waals surface area contributed by atoms with Gasteiger partial charge in [0.05, 0.1) is 18.5 Å². The van der Waals surface area contributed by atoms with Crippen LogP contribution in [0.2, 0.25) is 0 Å². The molecule has 0 bridgehead atoms. The molecule has 1 heterocycles. The summed E-state index contributed by atoms with van der Waals surface area (Å²) in [6.45, 7) is 0. The van der Waals surface area contributed by atoms with E-state index in [0.717, 1.165) is 28.5 Å². The van der Waals surface area contributed by atoms with Crippen LogP contribution in [0.4, 0.5) is 11.5 Å². The van der Waals surface area contributed by atoms with Gasteiger partial charge in [-0.3, -0.25) is 0 Å². The molecule has 4 nitrogen and oxygen atoms in total. The van der Waals surface area contributed by atoms with E-state index in [2.05, 4.69) is 15.3 Å². The fraction of sp³-hybridized carbons (Fsp3) is 0.0588. The minimum Gasteiger partial charge on any atom is -0.495 e. The number of hydrogen-bond acceptors (Lipinski definition) is 4. The zero-order chi connectivity index (χ0) is 14.5. The molecule has 0 saturated heterocycles. The van der Waals surface area contributed by atoms with Gasteiger partial charge in [0.1, 0.15) is 17.9 Å². The molecule has 21 heavy (non-hydrogen) atoms. The van der Waals surface area contributed by atoms with E-state index in [1.165, 1.54) is 0 Å². The van der Waals surface area contributed by atoms with Crippen LogP contribution in [0.15, 0.2) is 67.0 Å². The molecule has 0 unspecified atom stereocenters. The van der Waals surface area contributed by atoms with Gasteiger partial charge in [-0.2, -0.15) is 0 Å². The summed E-state index contributed by atoms with van der Waals surface area (Å²) in [6.07, 6.45) is 1.56. The van der Waals surface area contributed by atoms with Gasteiger partial charge in [-0.15, -0.1) is 0 Å². The Balaban J connectivity index is 1.90. The number of para-hydroxylation sites is 2. The highest BCUT2D eigenvalue weighted by Gasteiger charge is 2.05. The topological polar surface area (TPSA) is 47.0 Å². The molecule has 0 fully saturated rings. The highest BCUT2D eigenvalue weighted by molar-refractivity contribution is 5.68. The monoisotopic (exact) mass is 277 g/mol. The molecular weight excluding hydrogens is 262 g/mol. The van der Waals surface area contributed by atoms with Crippen molar-refractivity contribution in [1.29, 1.82) is 0 Å². The Hall–Kier alpha value is -2.88. The molecule has 1 aromatic heterocycles. The molecule has 0 aliphatic rings. The number of nitrogens with zero attached hydrogens (tertiary/aromatic N) is 2. The fourth-order valence-corrected chi connectivity index (χ4v) is 2.08. The predicted octanol–water partition coefficient (Wildman–Crippen LogP) is 3.90. The highest BCUT2D eigenvalue weighted by Crippen LogP contribution is 2.27. The SMILES string of the molecule is COc1ccccc1Nc1cc(-c2ccccc2)ncn1. The first-order valence-corrected chi connectivity index (χ1v) is 6.64. The molecule has 0 amide bonds. The molecule has 0 saturated carbocycles. The third-order valence-corrected chi connectivity index (χ3v) is 3.11. The van der Waals surface area contributed by atoms with Gasteiger partial charge in [0.15, 0.2) is 0 Å². The van der Waals surface area contributed by atoms with Crippen molar-refractivity contribution in [3.63, 3.8) is 0 Å². The molecule has 0 aliphatic carbocycles. The van der Waals surface area contributed by atoms with E-state index in [1.807, 2.05) is 60.7 Å². The normalized spacial score (nSPS) is 10.1. The smallest absolute Gasteiger partial charge is 0.142 e. The van der Waals surface area contributed by atoms with Crippen molar-refractivity contribution >= 4 is 11.5 Å². The van der Waals surface area contributed by atoms with Gasteiger partial charge in [-0.05, 0) is 12.1 Å². The van der Waals surface area contributed by atoms with Gasteiger partial charge < -0.3 is 10.1 Å². The zero-order valence-electron chi connectivity index (χ0n) is 11.7. The highest BCUT2D eigenvalue weighted by atomic mass is 16.5. The predicted molar refractivity (Wildman–Crippen MR) is 83.7 cm³/mol. The maximum absolute atomic E-state index is 5.33. The lowest BCUT2D eigenvalue weighted by atomic mass is 10.1. The summed E-state index contributed by atoms with van der Waals surface area (Å²) >= 11 is 0. The summed E-state index contributed by atoms with van der Waals surface area (Å²) in [5.74, 6) is 1.51. The first-order chi connectivity index (χ1) is 10.4. The minimum absolute atomic E-state index is 0.730. The van der Waals surface area contributed by atoms with Crippen molar-refractivity contribution in [3.8, 4) is 17.0 Å². The fourth-order valence-electron chi connectivity index (χ4n) is 2.08. The molecule has 0 aliphatic heterocycles. The molecule has 0 atom stereocenters. The zero-order valence-corrected chi connectivity index (χ0v) is 11.7. The molecule has 2 aromatic carbocycles. The maximum atomic E-state index is 5.33. The lowest BCUT2D eigenvalue weighted by Crippen LogP contribution is -1.97. The van der Waals surface area contributed by atoms with Crippen LogP contribution in [0, 0.1) is 0 Å². The Labute approximate surface area is 123 Å². The molecule has 3 rings (SSSR count). The van der Waals surface area contributed by atoms with Crippen LogP contribution < -0.4 is 10.1 Å². The molecular formula is C17H15N3O. The Morgan fingerprint density at radius 2 is 1.67 bits per heavy atom. The van der Waals surface area contributed by atoms with Crippen LogP contribution in [-0.2, 0) is 0 Å². The average Bonchev–Trinajstić information content (AvgIpc) is 2.56. The molecule has 0 radical (unpaired) electrons. The number of anilines is 2. The summed E-state index contributed by atoms with van der Waals surface area (Å²) in [7, 11) is 1.65. The van der Waals surface area contributed by atoms with Crippen LogP contribution in [0.1, 0.15) is 0 Å². The Kier molecular flexibility index (Phi) is 3.78. The van der Waals surface area contributed by atoms with Gasteiger partial charge >= 0.3 is 0 Å². The van der Waals surface area contributed by atoms with E-state index < -0.39 is 0 Å². The van der Waals surface area contributed by atoms with E-state index in [4.69, 9.17) is 4.74 Å². The summed E-state index contributed by atoms with van der Waals surface area (Å²) in [4.78, 5) is 8.57. The average molecular weight is 277 g/mol. The van der Waals surface area contributed by atoms with Crippen molar-refractivity contribution in [1.82, 2.24) is 9.97 Å². The third kappa shape index (κ3) is 3.00. The van der Waals surface area contributed by atoms with Crippen LogP contribution >= 0.6 is 0 Å². The van der Waals surface area contributed by atoms with Gasteiger partial charge in [-0.1, -0.05) is 42.5 Å². The summed E-state index contributed by atoms with van der Waals surface area (Å²) in [6, 6.07) is 19.7. The Morgan fingerprint density at radius 1 is 0.905 bits per heavy atom. The largest absolute Gasteiger partial charge is 0.495 e. The number of methoxy groups -OCH3 is 1. The first-order valence-electron chi connectivity index (χ1n) is 6.64. The van der Waals surface area contributed by atoms with Crippen molar-refractivity contribution in [2.45, 2.75) is 0 Å². The lowest BCUT2D eigenvalue weighted by molar-refractivity contribution is 0.417. The second-order valence-electron chi connectivity index (χ2n) is 4.48. The van der Waals surface area contributed by atoms with Crippen LogP contribution in [0.5, 0.6) is 5.75 Å². The van der Waals surface area contributed by atoms with Crippen LogP contribution in [0.25, 0.3) is 11.3 Å². The second-order valence-corrected chi connectivity index (χ2v) is 4.48. The second kappa shape index (κ2) is 6.05. The van der Waals surface area contributed by atoms with Crippen LogP contribution in [0.3, 0.4) is 0 Å². The molecule has 3 aromatic rings. The lowest BCUT2D eigenvalue weighted by Gasteiger charge is -2.10. The number of nitrogens with one attached hydrogen (secondary N) is 1.